The van der Waals surface area contributed by atoms with Crippen LogP contribution >= 0.6 is 0 Å². The summed E-state index contributed by atoms with van der Waals surface area (Å²) < 4.78 is 5.42. The monoisotopic (exact) mass is 342 g/mol. The summed E-state index contributed by atoms with van der Waals surface area (Å²) in [6.45, 7) is 1.33. The lowest BCUT2D eigenvalue weighted by molar-refractivity contribution is -0.157. The van der Waals surface area contributed by atoms with Crippen LogP contribution in [0.3, 0.4) is 0 Å². The molecule has 0 radical (unpaired) electrons. The largest absolute Gasteiger partial charge is 0.481 e. The van der Waals surface area contributed by atoms with Crippen molar-refractivity contribution >= 4 is 11.9 Å². The number of nitrogens with zero attached hydrogens (tertiary/aromatic N) is 4. The van der Waals surface area contributed by atoms with E-state index in [1.54, 1.807) is 4.90 Å². The summed E-state index contributed by atoms with van der Waals surface area (Å²) in [6.07, 6.45) is 1.84. The second-order valence-electron chi connectivity index (χ2n) is 6.52. The molecule has 1 aromatic heterocycles. The number of ether oxygens (including phenoxy) is 1. The lowest BCUT2D eigenvalue weighted by atomic mass is 9.74. The van der Waals surface area contributed by atoms with Crippen LogP contribution in [0.25, 0.3) is 5.69 Å². The molecule has 0 saturated carbocycles. The molecule has 0 spiro atoms. The van der Waals surface area contributed by atoms with Crippen LogP contribution < -0.4 is 0 Å². The molecule has 1 amide bonds. The summed E-state index contributed by atoms with van der Waals surface area (Å²) in [6, 6.07) is 9.30. The van der Waals surface area contributed by atoms with Gasteiger partial charge in [0.25, 0.3) is 5.91 Å². The van der Waals surface area contributed by atoms with Crippen molar-refractivity contribution < 1.29 is 19.4 Å². The standard InChI is InChI=1S/C17H18N4O4/c22-15(14-8-18-21(19-14)13-4-2-1-3-5-13)20-9-12-10-25-7-6-17(12,11-20)16(23)24/h1-5,8,12H,6-7,9-11H2,(H,23,24)/t12-,17+/m0/s1. The zero-order valence-electron chi connectivity index (χ0n) is 13.5. The number of amides is 1. The Morgan fingerprint density at radius 2 is 2.08 bits per heavy atom. The van der Waals surface area contributed by atoms with Crippen molar-refractivity contribution in [2.75, 3.05) is 26.3 Å². The van der Waals surface area contributed by atoms with E-state index in [9.17, 15) is 14.7 Å². The van der Waals surface area contributed by atoms with Gasteiger partial charge in [0.1, 0.15) is 0 Å². The number of hydrogen-bond acceptors (Lipinski definition) is 5. The molecular weight excluding hydrogens is 324 g/mol. The molecule has 4 rings (SSSR count). The third-order valence-corrected chi connectivity index (χ3v) is 5.12. The van der Waals surface area contributed by atoms with E-state index < -0.39 is 11.4 Å². The molecule has 2 fully saturated rings. The summed E-state index contributed by atoms with van der Waals surface area (Å²) in [4.78, 5) is 27.6. The number of rotatable bonds is 3. The van der Waals surface area contributed by atoms with Crippen LogP contribution in [0.4, 0.5) is 0 Å². The fourth-order valence-electron chi connectivity index (χ4n) is 3.66. The average molecular weight is 342 g/mol. The van der Waals surface area contributed by atoms with E-state index in [0.29, 0.717) is 26.2 Å². The highest BCUT2D eigenvalue weighted by Crippen LogP contribution is 2.42. The normalized spacial score (nSPS) is 25.6. The second-order valence-corrected chi connectivity index (χ2v) is 6.52. The van der Waals surface area contributed by atoms with Crippen LogP contribution in [0.5, 0.6) is 0 Å². The Kier molecular flexibility index (Phi) is 3.76. The summed E-state index contributed by atoms with van der Waals surface area (Å²) in [5, 5.41) is 18.1. The lowest BCUT2D eigenvalue weighted by Crippen LogP contribution is -2.45. The fraction of sp³-hybridized carbons (Fsp3) is 0.412. The molecule has 1 aromatic carbocycles. The van der Waals surface area contributed by atoms with Crippen molar-refractivity contribution in [3.05, 3.63) is 42.2 Å². The van der Waals surface area contributed by atoms with Crippen molar-refractivity contribution in [3.8, 4) is 5.69 Å². The zero-order valence-corrected chi connectivity index (χ0v) is 13.5. The Labute approximate surface area is 144 Å². The summed E-state index contributed by atoms with van der Waals surface area (Å²) in [5.41, 5.74) is 0.0552. The summed E-state index contributed by atoms with van der Waals surface area (Å²) in [7, 11) is 0. The van der Waals surface area contributed by atoms with Crippen molar-refractivity contribution in [2.24, 2.45) is 11.3 Å². The topological polar surface area (TPSA) is 97.5 Å². The fourth-order valence-corrected chi connectivity index (χ4v) is 3.66. The van der Waals surface area contributed by atoms with Gasteiger partial charge < -0.3 is 14.7 Å². The molecule has 2 saturated heterocycles. The number of para-hydroxylation sites is 1. The number of carbonyl (C=O) groups excluding carboxylic acids is 1. The highest BCUT2D eigenvalue weighted by molar-refractivity contribution is 5.93. The van der Waals surface area contributed by atoms with Gasteiger partial charge in [-0.1, -0.05) is 18.2 Å². The van der Waals surface area contributed by atoms with Gasteiger partial charge in [0.15, 0.2) is 5.69 Å². The lowest BCUT2D eigenvalue weighted by Gasteiger charge is -2.33. The first-order chi connectivity index (χ1) is 12.1. The molecule has 0 bridgehead atoms. The van der Waals surface area contributed by atoms with E-state index in [-0.39, 0.29) is 24.1 Å². The molecule has 130 valence electrons. The maximum absolute atomic E-state index is 12.8. The maximum atomic E-state index is 12.8. The van der Waals surface area contributed by atoms with Gasteiger partial charge in [0, 0.05) is 25.6 Å². The summed E-state index contributed by atoms with van der Waals surface area (Å²) >= 11 is 0. The van der Waals surface area contributed by atoms with Gasteiger partial charge in [0.2, 0.25) is 0 Å². The molecule has 8 heteroatoms. The number of likely N-dealkylation sites (tertiary alicyclic amines) is 1. The highest BCUT2D eigenvalue weighted by Gasteiger charge is 2.55. The number of hydrogen-bond donors (Lipinski definition) is 1. The van der Waals surface area contributed by atoms with Crippen LogP contribution in [0.1, 0.15) is 16.9 Å². The van der Waals surface area contributed by atoms with E-state index in [2.05, 4.69) is 10.2 Å². The molecule has 2 aliphatic heterocycles. The maximum Gasteiger partial charge on any atom is 0.311 e. The number of aliphatic carboxylic acids is 1. The van der Waals surface area contributed by atoms with Crippen LogP contribution in [-0.2, 0) is 9.53 Å². The zero-order chi connectivity index (χ0) is 17.4. The number of fused-ring (bicyclic) bond motifs is 1. The molecule has 2 aliphatic rings. The Morgan fingerprint density at radius 1 is 1.28 bits per heavy atom. The van der Waals surface area contributed by atoms with E-state index in [1.807, 2.05) is 30.3 Å². The third kappa shape index (κ3) is 2.58. The Balaban J connectivity index is 1.56. The number of aromatic nitrogens is 3. The van der Waals surface area contributed by atoms with Crippen LogP contribution in [0.15, 0.2) is 36.5 Å². The van der Waals surface area contributed by atoms with Gasteiger partial charge in [-0.2, -0.15) is 9.90 Å². The van der Waals surface area contributed by atoms with Crippen molar-refractivity contribution in [1.82, 2.24) is 19.9 Å². The molecule has 2 aromatic rings. The van der Waals surface area contributed by atoms with Crippen LogP contribution in [0.2, 0.25) is 0 Å². The van der Waals surface area contributed by atoms with Gasteiger partial charge in [-0.25, -0.2) is 0 Å². The number of carboxylic acid groups (broad SMARTS) is 1. The molecule has 0 unspecified atom stereocenters. The highest BCUT2D eigenvalue weighted by atomic mass is 16.5. The minimum atomic E-state index is -0.913. The predicted molar refractivity (Wildman–Crippen MR) is 86.3 cm³/mol. The molecule has 8 nitrogen and oxygen atoms in total. The van der Waals surface area contributed by atoms with Crippen molar-refractivity contribution in [1.29, 1.82) is 0 Å². The Bertz CT molecular complexity index is 806. The quantitative estimate of drug-likeness (QED) is 0.887. The molecule has 1 N–H and O–H groups in total. The smallest absolute Gasteiger partial charge is 0.311 e. The van der Waals surface area contributed by atoms with Gasteiger partial charge in [-0.15, -0.1) is 5.10 Å². The van der Waals surface area contributed by atoms with Gasteiger partial charge in [-0.05, 0) is 18.6 Å². The SMILES string of the molecule is O=C(c1cnn(-c2ccccc2)n1)N1C[C@H]2COCC[C@@]2(C(=O)O)C1. The molecule has 0 aliphatic carbocycles. The summed E-state index contributed by atoms with van der Waals surface area (Å²) in [5.74, 6) is -1.34. The van der Waals surface area contributed by atoms with E-state index in [4.69, 9.17) is 4.74 Å². The van der Waals surface area contributed by atoms with E-state index >= 15 is 0 Å². The van der Waals surface area contributed by atoms with Gasteiger partial charge in [0.05, 0.1) is 23.9 Å². The minimum absolute atomic E-state index is 0.188. The van der Waals surface area contributed by atoms with Crippen LogP contribution in [0, 0.1) is 11.3 Å². The minimum Gasteiger partial charge on any atom is -0.481 e. The van der Waals surface area contributed by atoms with E-state index in [1.165, 1.54) is 11.0 Å². The first-order valence-corrected chi connectivity index (χ1v) is 8.18. The molecule has 2 atom stereocenters. The van der Waals surface area contributed by atoms with Crippen molar-refractivity contribution in [3.63, 3.8) is 0 Å². The average Bonchev–Trinajstić information content (AvgIpc) is 3.27. The first kappa shape index (κ1) is 15.8. The third-order valence-electron chi connectivity index (χ3n) is 5.12. The second kappa shape index (κ2) is 5.96. The molecule has 25 heavy (non-hydrogen) atoms. The van der Waals surface area contributed by atoms with Crippen LogP contribution in [-0.4, -0.2) is 63.2 Å². The Hall–Kier alpha value is -2.74. The number of benzene rings is 1. The first-order valence-electron chi connectivity index (χ1n) is 8.18. The Morgan fingerprint density at radius 3 is 2.80 bits per heavy atom. The molecule has 3 heterocycles. The predicted octanol–water partition coefficient (Wildman–Crippen LogP) is 0.831. The number of carboxylic acids is 1. The van der Waals surface area contributed by atoms with Crippen molar-refractivity contribution in [2.45, 2.75) is 6.42 Å². The number of carbonyl (C=O) groups is 2. The molecular formula is C17H18N4O4. The van der Waals surface area contributed by atoms with E-state index in [0.717, 1.165) is 5.69 Å². The van der Waals surface area contributed by atoms with Gasteiger partial charge in [-0.3, -0.25) is 9.59 Å². The van der Waals surface area contributed by atoms with Gasteiger partial charge >= 0.3 is 5.97 Å².